The molecule has 0 saturated heterocycles. The van der Waals surface area contributed by atoms with Gasteiger partial charge in [-0.25, -0.2) is 9.89 Å². The molecule has 1 N–H and O–H groups in total. The lowest BCUT2D eigenvalue weighted by Gasteiger charge is -2.08. The van der Waals surface area contributed by atoms with Gasteiger partial charge in [-0.3, -0.25) is 4.79 Å². The highest BCUT2D eigenvalue weighted by Crippen LogP contribution is 2.15. The fraction of sp³-hybridized carbons (Fsp3) is 0.500. The minimum absolute atomic E-state index is 0.000735. The van der Waals surface area contributed by atoms with E-state index in [1.54, 1.807) is 6.92 Å². The lowest BCUT2D eigenvalue weighted by atomic mass is 10.0. The van der Waals surface area contributed by atoms with Crippen molar-refractivity contribution in [3.63, 3.8) is 0 Å². The van der Waals surface area contributed by atoms with E-state index in [1.807, 2.05) is 13.8 Å². The van der Waals surface area contributed by atoms with Gasteiger partial charge in [0.2, 0.25) is 0 Å². The Kier molecular flexibility index (Phi) is 3.60. The number of nitrogens with zero attached hydrogens (tertiary/aromatic N) is 1. The van der Waals surface area contributed by atoms with Crippen molar-refractivity contribution in [3.05, 3.63) is 27.7 Å². The van der Waals surface area contributed by atoms with Crippen LogP contribution in [-0.4, -0.2) is 22.8 Å². The second kappa shape index (κ2) is 4.72. The second-order valence-corrected chi connectivity index (χ2v) is 3.33. The molecular formula is C10H13N2O3. The van der Waals surface area contributed by atoms with E-state index in [-0.39, 0.29) is 18.1 Å². The number of carbonyl (C=O) groups excluding carboxylic acids is 1. The van der Waals surface area contributed by atoms with Gasteiger partial charge in [0.1, 0.15) is 11.8 Å². The third kappa shape index (κ3) is 2.43. The van der Waals surface area contributed by atoms with Gasteiger partial charge in [-0.05, 0) is 12.8 Å². The molecule has 5 heteroatoms. The number of rotatable bonds is 3. The van der Waals surface area contributed by atoms with E-state index in [1.165, 1.54) is 0 Å². The molecule has 1 heterocycles. The predicted molar refractivity (Wildman–Crippen MR) is 53.7 cm³/mol. The number of hydrogen-bond acceptors (Lipinski definition) is 4. The van der Waals surface area contributed by atoms with Crippen LogP contribution in [0.3, 0.4) is 0 Å². The molecule has 5 nitrogen and oxygen atoms in total. The standard InChI is InChI=1S/C10H13N2O3/c1-4-15-10(14)8-7(6(2)3)5-11-12-9(8)13/h6H,4H2,1-3H3,(H,12,13). The first-order chi connectivity index (χ1) is 7.07. The van der Waals surface area contributed by atoms with Gasteiger partial charge in [-0.2, -0.15) is 5.10 Å². The molecule has 0 aliphatic carbocycles. The monoisotopic (exact) mass is 209 g/mol. The Morgan fingerprint density at radius 2 is 2.27 bits per heavy atom. The zero-order valence-electron chi connectivity index (χ0n) is 8.96. The first kappa shape index (κ1) is 11.4. The van der Waals surface area contributed by atoms with Gasteiger partial charge in [0.05, 0.1) is 6.61 Å². The average molecular weight is 209 g/mol. The summed E-state index contributed by atoms with van der Waals surface area (Å²) < 4.78 is 4.79. The van der Waals surface area contributed by atoms with Crippen LogP contribution < -0.4 is 5.56 Å². The van der Waals surface area contributed by atoms with Gasteiger partial charge in [0.15, 0.2) is 0 Å². The molecule has 0 spiro atoms. The van der Waals surface area contributed by atoms with Crippen molar-refractivity contribution in [2.75, 3.05) is 6.61 Å². The lowest BCUT2D eigenvalue weighted by Crippen LogP contribution is -2.24. The highest BCUT2D eigenvalue weighted by Gasteiger charge is 2.19. The van der Waals surface area contributed by atoms with E-state index in [0.29, 0.717) is 5.56 Å². The van der Waals surface area contributed by atoms with E-state index < -0.39 is 11.5 Å². The molecule has 1 aromatic heterocycles. The molecule has 0 bridgehead atoms. The molecular weight excluding hydrogens is 196 g/mol. The quantitative estimate of drug-likeness (QED) is 0.750. The van der Waals surface area contributed by atoms with Crippen LogP contribution in [0.5, 0.6) is 0 Å². The van der Waals surface area contributed by atoms with E-state index in [4.69, 9.17) is 4.74 Å². The van der Waals surface area contributed by atoms with Crippen molar-refractivity contribution in [2.24, 2.45) is 0 Å². The smallest absolute Gasteiger partial charge is 0.344 e. The molecule has 0 fully saturated rings. The Morgan fingerprint density at radius 3 is 2.80 bits per heavy atom. The highest BCUT2D eigenvalue weighted by molar-refractivity contribution is 5.90. The topological polar surface area (TPSA) is 72.0 Å². The van der Waals surface area contributed by atoms with Crippen molar-refractivity contribution in [1.29, 1.82) is 0 Å². The Bertz CT molecular complexity index is 409. The van der Waals surface area contributed by atoms with Gasteiger partial charge in [0.25, 0.3) is 5.56 Å². The van der Waals surface area contributed by atoms with Gasteiger partial charge in [0, 0.05) is 5.56 Å². The molecule has 1 radical (unpaired) electrons. The fourth-order valence-corrected chi connectivity index (χ4v) is 1.20. The molecule has 0 amide bonds. The lowest BCUT2D eigenvalue weighted by molar-refractivity contribution is 0.0522. The molecule has 0 aliphatic heterocycles. The van der Waals surface area contributed by atoms with E-state index in [9.17, 15) is 9.59 Å². The highest BCUT2D eigenvalue weighted by atomic mass is 16.5. The van der Waals surface area contributed by atoms with Crippen molar-refractivity contribution in [3.8, 4) is 0 Å². The van der Waals surface area contributed by atoms with Crippen molar-refractivity contribution in [1.82, 2.24) is 10.2 Å². The zero-order valence-corrected chi connectivity index (χ0v) is 8.96. The molecule has 0 atom stereocenters. The van der Waals surface area contributed by atoms with Crippen LogP contribution in [-0.2, 0) is 4.74 Å². The summed E-state index contributed by atoms with van der Waals surface area (Å²) in [6.45, 7) is 5.63. The largest absolute Gasteiger partial charge is 0.462 e. The van der Waals surface area contributed by atoms with E-state index >= 15 is 0 Å². The summed E-state index contributed by atoms with van der Waals surface area (Å²) in [4.78, 5) is 22.9. The number of H-pyrrole nitrogens is 1. The zero-order chi connectivity index (χ0) is 11.4. The SMILES string of the molecule is CCOC(=O)c1c(C(C)C)[c]n[nH]c1=O. The summed E-state index contributed by atoms with van der Waals surface area (Å²) in [6, 6.07) is 0. The summed E-state index contributed by atoms with van der Waals surface area (Å²) in [5.41, 5.74) is -0.0463. The number of aromatic amines is 1. The molecule has 0 aromatic carbocycles. The van der Waals surface area contributed by atoms with E-state index in [0.717, 1.165) is 0 Å². The van der Waals surface area contributed by atoms with Gasteiger partial charge >= 0.3 is 5.97 Å². The van der Waals surface area contributed by atoms with Gasteiger partial charge in [-0.15, -0.1) is 0 Å². The number of aromatic nitrogens is 2. The van der Waals surface area contributed by atoms with Crippen molar-refractivity contribution < 1.29 is 9.53 Å². The number of esters is 1. The number of carbonyl (C=O) groups is 1. The number of ether oxygens (including phenoxy) is 1. The molecule has 0 aliphatic rings. The number of hydrogen-bond donors (Lipinski definition) is 1. The van der Waals surface area contributed by atoms with Gasteiger partial charge < -0.3 is 4.74 Å². The maximum absolute atomic E-state index is 11.5. The van der Waals surface area contributed by atoms with Gasteiger partial charge in [-0.1, -0.05) is 13.8 Å². The molecule has 1 rings (SSSR count). The summed E-state index contributed by atoms with van der Waals surface area (Å²) in [7, 11) is 0. The average Bonchev–Trinajstić information content (AvgIpc) is 2.17. The minimum atomic E-state index is -0.624. The predicted octanol–water partition coefficient (Wildman–Crippen LogP) is 0.870. The molecule has 0 unspecified atom stereocenters. The Hall–Kier alpha value is -1.65. The van der Waals surface area contributed by atoms with Crippen LogP contribution in [0.4, 0.5) is 0 Å². The Morgan fingerprint density at radius 1 is 1.60 bits per heavy atom. The molecule has 0 saturated carbocycles. The summed E-state index contributed by atoms with van der Waals surface area (Å²) in [5, 5.41) is 5.71. The Balaban J connectivity index is 3.25. The maximum Gasteiger partial charge on any atom is 0.344 e. The van der Waals surface area contributed by atoms with Crippen LogP contribution in [0, 0.1) is 6.20 Å². The first-order valence-electron chi connectivity index (χ1n) is 4.75. The number of nitrogens with one attached hydrogen (secondary N) is 1. The van der Waals surface area contributed by atoms with Crippen LogP contribution >= 0.6 is 0 Å². The van der Waals surface area contributed by atoms with E-state index in [2.05, 4.69) is 16.4 Å². The van der Waals surface area contributed by atoms with Crippen LogP contribution in [0.2, 0.25) is 0 Å². The minimum Gasteiger partial charge on any atom is -0.462 e. The molecule has 1 aromatic rings. The van der Waals surface area contributed by atoms with Crippen LogP contribution in [0.15, 0.2) is 4.79 Å². The first-order valence-corrected chi connectivity index (χ1v) is 4.75. The fourth-order valence-electron chi connectivity index (χ4n) is 1.20. The third-order valence-electron chi connectivity index (χ3n) is 1.89. The van der Waals surface area contributed by atoms with Crippen molar-refractivity contribution >= 4 is 5.97 Å². The summed E-state index contributed by atoms with van der Waals surface area (Å²) >= 11 is 0. The maximum atomic E-state index is 11.5. The molecule has 15 heavy (non-hydrogen) atoms. The third-order valence-corrected chi connectivity index (χ3v) is 1.89. The second-order valence-electron chi connectivity index (χ2n) is 3.33. The summed E-state index contributed by atoms with van der Waals surface area (Å²) in [5.74, 6) is -0.625. The van der Waals surface area contributed by atoms with Crippen molar-refractivity contribution in [2.45, 2.75) is 26.7 Å². The summed E-state index contributed by atoms with van der Waals surface area (Å²) in [6.07, 6.45) is 2.61. The van der Waals surface area contributed by atoms with Crippen LogP contribution in [0.25, 0.3) is 0 Å². The normalized spacial score (nSPS) is 10.4. The van der Waals surface area contributed by atoms with Crippen LogP contribution in [0.1, 0.15) is 42.6 Å². The molecule has 81 valence electrons. The Labute approximate surface area is 87.5 Å².